The van der Waals surface area contributed by atoms with Gasteiger partial charge in [0.15, 0.2) is 0 Å². The molecule has 0 unspecified atom stereocenters. The summed E-state index contributed by atoms with van der Waals surface area (Å²) < 4.78 is 4.81. The molecule has 3 nitrogen and oxygen atoms in total. The van der Waals surface area contributed by atoms with Gasteiger partial charge in [0.1, 0.15) is 0 Å². The molecule has 9 aromatic carbocycles. The summed E-state index contributed by atoms with van der Waals surface area (Å²) in [5.74, 6) is 0. The van der Waals surface area contributed by atoms with Crippen LogP contribution in [0.15, 0.2) is 212 Å². The van der Waals surface area contributed by atoms with Crippen LogP contribution < -0.4 is 4.90 Å². The first kappa shape index (κ1) is 34.4. The van der Waals surface area contributed by atoms with Crippen molar-refractivity contribution in [2.24, 2.45) is 0 Å². The molecule has 60 heavy (non-hydrogen) atoms. The lowest BCUT2D eigenvalue weighted by Gasteiger charge is -2.32. The Morgan fingerprint density at radius 2 is 0.850 bits per heavy atom. The van der Waals surface area contributed by atoms with Gasteiger partial charge in [-0.05, 0) is 106 Å². The summed E-state index contributed by atoms with van der Waals surface area (Å²) in [6.07, 6.45) is 0. The third-order valence-corrected chi connectivity index (χ3v) is 12.9. The largest absolute Gasteiger partial charge is 0.309 e. The molecule has 0 spiro atoms. The van der Waals surface area contributed by atoms with E-state index in [4.69, 9.17) is 0 Å². The monoisotopic (exact) mass is 767 g/mol. The van der Waals surface area contributed by atoms with Crippen molar-refractivity contribution in [2.45, 2.75) is 19.3 Å². The van der Waals surface area contributed by atoms with Crippen molar-refractivity contribution in [3.63, 3.8) is 0 Å². The van der Waals surface area contributed by atoms with E-state index in [0.29, 0.717) is 0 Å². The minimum absolute atomic E-state index is 0.213. The molecule has 1 aliphatic rings. The zero-order valence-electron chi connectivity index (χ0n) is 33.5. The first-order valence-electron chi connectivity index (χ1n) is 20.9. The highest BCUT2D eigenvalue weighted by Gasteiger charge is 2.39. The Kier molecular flexibility index (Phi) is 7.58. The Bertz CT molecular complexity index is 3440. The number of hydrogen-bond acceptors (Lipinski definition) is 1. The normalized spacial score (nSPS) is 13.0. The molecule has 1 aliphatic carbocycles. The summed E-state index contributed by atoms with van der Waals surface area (Å²) in [5.41, 5.74) is 18.1. The lowest BCUT2D eigenvalue weighted by molar-refractivity contribution is 0.661. The fourth-order valence-electron chi connectivity index (χ4n) is 10.4. The quantitative estimate of drug-likeness (QED) is 0.164. The van der Waals surface area contributed by atoms with Gasteiger partial charge in [0, 0.05) is 44.0 Å². The van der Waals surface area contributed by atoms with Crippen LogP contribution in [-0.2, 0) is 5.41 Å². The summed E-state index contributed by atoms with van der Waals surface area (Å²) in [5, 5.41) is 4.97. The van der Waals surface area contributed by atoms with E-state index in [1.807, 2.05) is 0 Å². The molecule has 2 heterocycles. The highest BCUT2D eigenvalue weighted by Crippen LogP contribution is 2.55. The van der Waals surface area contributed by atoms with Crippen LogP contribution in [0.2, 0.25) is 0 Å². The molecule has 0 saturated heterocycles. The maximum absolute atomic E-state index is 2.53. The van der Waals surface area contributed by atoms with E-state index >= 15 is 0 Å². The highest BCUT2D eigenvalue weighted by molar-refractivity contribution is 6.18. The lowest BCUT2D eigenvalue weighted by atomic mass is 9.81. The van der Waals surface area contributed by atoms with Gasteiger partial charge in [0.25, 0.3) is 0 Å². The summed E-state index contributed by atoms with van der Waals surface area (Å²) >= 11 is 0. The van der Waals surface area contributed by atoms with Crippen molar-refractivity contribution in [3.05, 3.63) is 223 Å². The fraction of sp³-hybridized carbons (Fsp3) is 0.0526. The summed E-state index contributed by atoms with van der Waals surface area (Å²) in [6.45, 7) is 4.77. The second kappa shape index (κ2) is 13.2. The number of hydrogen-bond donors (Lipinski definition) is 0. The molecule has 0 amide bonds. The van der Waals surface area contributed by atoms with Gasteiger partial charge in [0.2, 0.25) is 0 Å². The maximum atomic E-state index is 2.53. The fourth-order valence-corrected chi connectivity index (χ4v) is 10.4. The van der Waals surface area contributed by atoms with Crippen LogP contribution in [0.3, 0.4) is 0 Å². The molecule has 11 aromatic rings. The van der Waals surface area contributed by atoms with Crippen LogP contribution in [0.4, 0.5) is 17.1 Å². The van der Waals surface area contributed by atoms with E-state index in [1.54, 1.807) is 0 Å². The van der Waals surface area contributed by atoms with Gasteiger partial charge in [-0.3, -0.25) is 0 Å². The number of benzene rings is 9. The van der Waals surface area contributed by atoms with Gasteiger partial charge < -0.3 is 14.0 Å². The van der Waals surface area contributed by atoms with Gasteiger partial charge in [-0.1, -0.05) is 153 Å². The van der Waals surface area contributed by atoms with Crippen molar-refractivity contribution in [1.29, 1.82) is 0 Å². The zero-order chi connectivity index (χ0) is 40.0. The van der Waals surface area contributed by atoms with Crippen LogP contribution in [-0.4, -0.2) is 9.13 Å². The van der Waals surface area contributed by atoms with Crippen molar-refractivity contribution in [3.8, 4) is 33.6 Å². The van der Waals surface area contributed by atoms with Gasteiger partial charge in [-0.25, -0.2) is 0 Å². The highest BCUT2D eigenvalue weighted by atomic mass is 15.2. The molecule has 3 heteroatoms. The number of rotatable bonds is 6. The summed E-state index contributed by atoms with van der Waals surface area (Å²) in [7, 11) is 0. The van der Waals surface area contributed by atoms with E-state index in [9.17, 15) is 0 Å². The molecule has 2 aromatic heterocycles. The molecule has 284 valence electrons. The van der Waals surface area contributed by atoms with Gasteiger partial charge in [-0.2, -0.15) is 0 Å². The SMILES string of the molecule is CC1(C)c2ccccc2-c2cccc(N(c3ccc(-c4cccc5c4c4ccccc4n5-c4ccccc4)cc3)c3cccc4c3c3ccccc3n4-c3ccccc3)c21. The van der Waals surface area contributed by atoms with E-state index in [1.165, 1.54) is 82.7 Å². The predicted molar refractivity (Wildman–Crippen MR) is 253 cm³/mol. The number of fused-ring (bicyclic) bond motifs is 9. The molecule has 0 fully saturated rings. The Labute approximate surface area is 349 Å². The zero-order valence-corrected chi connectivity index (χ0v) is 33.5. The van der Waals surface area contributed by atoms with E-state index < -0.39 is 0 Å². The average Bonchev–Trinajstić information content (AvgIpc) is 3.91. The van der Waals surface area contributed by atoms with E-state index in [0.717, 1.165) is 22.7 Å². The predicted octanol–water partition coefficient (Wildman–Crippen LogP) is 15.3. The van der Waals surface area contributed by atoms with Crippen molar-refractivity contribution in [1.82, 2.24) is 9.13 Å². The van der Waals surface area contributed by atoms with Crippen molar-refractivity contribution >= 4 is 60.7 Å². The Hall–Kier alpha value is -7.62. The average molecular weight is 768 g/mol. The Morgan fingerprint density at radius 1 is 0.367 bits per heavy atom. The van der Waals surface area contributed by atoms with Gasteiger partial charge >= 0.3 is 0 Å². The Morgan fingerprint density at radius 3 is 1.53 bits per heavy atom. The third-order valence-electron chi connectivity index (χ3n) is 12.9. The van der Waals surface area contributed by atoms with Crippen LogP contribution >= 0.6 is 0 Å². The second-order valence-electron chi connectivity index (χ2n) is 16.5. The molecular weight excluding hydrogens is 727 g/mol. The van der Waals surface area contributed by atoms with Crippen LogP contribution in [0.1, 0.15) is 25.0 Å². The molecule has 0 aliphatic heterocycles. The molecule has 0 atom stereocenters. The molecule has 0 radical (unpaired) electrons. The van der Waals surface area contributed by atoms with Crippen LogP contribution in [0, 0.1) is 0 Å². The number of nitrogens with zero attached hydrogens (tertiary/aromatic N) is 3. The van der Waals surface area contributed by atoms with Crippen LogP contribution in [0.5, 0.6) is 0 Å². The molecule has 0 bridgehead atoms. The van der Waals surface area contributed by atoms with E-state index in [2.05, 4.69) is 240 Å². The molecule has 0 saturated carbocycles. The topological polar surface area (TPSA) is 13.1 Å². The molecular formula is C57H41N3. The number of para-hydroxylation sites is 4. The van der Waals surface area contributed by atoms with Gasteiger partial charge in [-0.15, -0.1) is 0 Å². The first-order chi connectivity index (χ1) is 29.6. The number of aromatic nitrogens is 2. The summed E-state index contributed by atoms with van der Waals surface area (Å²) in [6, 6.07) is 77.8. The Balaban J connectivity index is 1.10. The minimum Gasteiger partial charge on any atom is -0.309 e. The van der Waals surface area contributed by atoms with Crippen molar-refractivity contribution < 1.29 is 0 Å². The van der Waals surface area contributed by atoms with Gasteiger partial charge in [0.05, 0.1) is 33.4 Å². The molecule has 0 N–H and O–H groups in total. The minimum atomic E-state index is -0.213. The van der Waals surface area contributed by atoms with E-state index in [-0.39, 0.29) is 5.41 Å². The second-order valence-corrected chi connectivity index (χ2v) is 16.5. The smallest absolute Gasteiger partial charge is 0.0562 e. The standard InChI is InChI=1S/C57H41N3/c1-57(2)47-27-12-9-22-43(47)44-26-16-33-53(56(44)57)60(52-32-17-31-51-55(52)46-24-11-14-29-49(46)59(51)40-20-7-4-8-21-40)41-36-34-38(35-37-41)42-25-15-30-50-54(42)45-23-10-13-28-48(45)58(50)39-18-5-3-6-19-39/h3-37H,1-2H3. The summed E-state index contributed by atoms with van der Waals surface area (Å²) in [4.78, 5) is 2.53. The first-order valence-corrected chi connectivity index (χ1v) is 20.9. The van der Waals surface area contributed by atoms with Crippen molar-refractivity contribution in [2.75, 3.05) is 4.90 Å². The lowest BCUT2D eigenvalue weighted by Crippen LogP contribution is -2.20. The van der Waals surface area contributed by atoms with Crippen LogP contribution in [0.25, 0.3) is 77.2 Å². The molecule has 12 rings (SSSR count). The maximum Gasteiger partial charge on any atom is 0.0562 e. The number of anilines is 3. The third kappa shape index (κ3) is 4.96.